The molecule has 2 atom stereocenters. The number of hydrogen-bond acceptors (Lipinski definition) is 4. The van der Waals surface area contributed by atoms with Crippen molar-refractivity contribution >= 4 is 28.9 Å². The molecular formula is C30H30FN5O2S. The summed E-state index contributed by atoms with van der Waals surface area (Å²) in [4.78, 5) is 19.4. The number of pyridine rings is 1. The van der Waals surface area contributed by atoms with Crippen LogP contribution in [-0.4, -0.2) is 39.1 Å². The third-order valence-corrected chi connectivity index (χ3v) is 7.40. The summed E-state index contributed by atoms with van der Waals surface area (Å²) in [5.41, 5.74) is 5.27. The molecule has 1 fully saturated rings. The van der Waals surface area contributed by atoms with Gasteiger partial charge in [-0.3, -0.25) is 9.78 Å². The second-order valence-electron chi connectivity index (χ2n) is 9.46. The number of thiocarbonyl (C=S) groups is 1. The predicted molar refractivity (Wildman–Crippen MR) is 154 cm³/mol. The minimum atomic E-state index is -0.469. The van der Waals surface area contributed by atoms with Crippen LogP contribution in [0.1, 0.15) is 41.1 Å². The number of hydrogen-bond donors (Lipinski definition) is 2. The molecule has 39 heavy (non-hydrogen) atoms. The number of benzene rings is 2. The number of aromatic nitrogens is 2. The zero-order valence-electron chi connectivity index (χ0n) is 22.0. The maximum Gasteiger partial charge on any atom is 0.226 e. The second-order valence-corrected chi connectivity index (χ2v) is 9.84. The smallest absolute Gasteiger partial charge is 0.226 e. The molecule has 1 amide bonds. The Morgan fingerprint density at radius 2 is 1.85 bits per heavy atom. The summed E-state index contributed by atoms with van der Waals surface area (Å²) < 4.78 is 21.6. The number of aryl methyl sites for hydroxylation is 1. The highest BCUT2D eigenvalue weighted by Gasteiger charge is 2.41. The van der Waals surface area contributed by atoms with Gasteiger partial charge in [-0.25, -0.2) is 4.39 Å². The Morgan fingerprint density at radius 3 is 2.54 bits per heavy atom. The van der Waals surface area contributed by atoms with Crippen LogP contribution < -0.4 is 15.4 Å². The van der Waals surface area contributed by atoms with Gasteiger partial charge in [0.25, 0.3) is 0 Å². The van der Waals surface area contributed by atoms with E-state index in [2.05, 4.69) is 40.1 Å². The standard InChI is InChI=1S/C30H30FN5O2S/c1-19-18-23(20(2)36(19)21-11-13-22(38-3)14-12-21)29-28(26-10-6-7-16-32-26)34-30(39)35(29)17-15-27(37)33-25-9-5-4-8-24(25)31/h4-14,16,18,28-29H,15,17H2,1-3H3,(H,33,37)(H,34,39)/t28-,29-/m0/s1. The molecule has 5 rings (SSSR count). The number of rotatable bonds is 8. The molecule has 0 bridgehead atoms. The predicted octanol–water partition coefficient (Wildman–Crippen LogP) is 5.64. The Labute approximate surface area is 232 Å². The maximum absolute atomic E-state index is 14.1. The number of carbonyl (C=O) groups excluding carboxylic acids is 1. The SMILES string of the molecule is COc1ccc(-n2c(C)cc([C@H]3[C@H](c4ccccn4)NC(=S)N3CCC(=O)Nc3ccccc3F)c2C)cc1. The number of nitrogens with zero attached hydrogens (tertiary/aromatic N) is 3. The van der Waals surface area contributed by atoms with Crippen molar-refractivity contribution < 1.29 is 13.9 Å². The molecule has 0 spiro atoms. The van der Waals surface area contributed by atoms with E-state index in [9.17, 15) is 9.18 Å². The molecule has 3 heterocycles. The van der Waals surface area contributed by atoms with Crippen molar-refractivity contribution in [3.05, 3.63) is 107 Å². The number of amides is 1. The highest BCUT2D eigenvalue weighted by Crippen LogP contribution is 2.41. The Hall–Kier alpha value is -4.24. The number of nitrogens with one attached hydrogen (secondary N) is 2. The summed E-state index contributed by atoms with van der Waals surface area (Å²) in [6.07, 6.45) is 1.90. The number of anilines is 1. The minimum Gasteiger partial charge on any atom is -0.497 e. The first kappa shape index (κ1) is 26.4. The van der Waals surface area contributed by atoms with Crippen LogP contribution in [0.3, 0.4) is 0 Å². The van der Waals surface area contributed by atoms with E-state index in [0.717, 1.165) is 34.1 Å². The number of ether oxygens (including phenoxy) is 1. The lowest BCUT2D eigenvalue weighted by molar-refractivity contribution is -0.116. The van der Waals surface area contributed by atoms with Gasteiger partial charge in [-0.15, -0.1) is 0 Å². The van der Waals surface area contributed by atoms with Crippen LogP contribution in [0.15, 0.2) is 79.0 Å². The first-order chi connectivity index (χ1) is 18.9. The van der Waals surface area contributed by atoms with Gasteiger partial charge in [-0.05, 0) is 86.2 Å². The fourth-order valence-electron chi connectivity index (χ4n) is 5.20. The fourth-order valence-corrected chi connectivity index (χ4v) is 5.53. The van der Waals surface area contributed by atoms with Gasteiger partial charge in [0.15, 0.2) is 5.11 Å². The minimum absolute atomic E-state index is 0.138. The van der Waals surface area contributed by atoms with Gasteiger partial charge in [0, 0.05) is 36.2 Å². The van der Waals surface area contributed by atoms with Gasteiger partial charge in [0.1, 0.15) is 11.6 Å². The summed E-state index contributed by atoms with van der Waals surface area (Å²) >= 11 is 5.78. The molecule has 0 radical (unpaired) electrons. The van der Waals surface area contributed by atoms with Crippen molar-refractivity contribution in [1.82, 2.24) is 19.8 Å². The van der Waals surface area contributed by atoms with Crippen LogP contribution >= 0.6 is 12.2 Å². The van der Waals surface area contributed by atoms with Gasteiger partial charge in [0.2, 0.25) is 5.91 Å². The molecule has 7 nitrogen and oxygen atoms in total. The van der Waals surface area contributed by atoms with Crippen LogP contribution in [0.2, 0.25) is 0 Å². The number of methoxy groups -OCH3 is 1. The van der Waals surface area contributed by atoms with Crippen molar-refractivity contribution in [3.8, 4) is 11.4 Å². The van der Waals surface area contributed by atoms with Gasteiger partial charge < -0.3 is 24.8 Å². The van der Waals surface area contributed by atoms with Crippen molar-refractivity contribution in [2.24, 2.45) is 0 Å². The average molecular weight is 544 g/mol. The molecule has 0 aliphatic carbocycles. The van der Waals surface area contributed by atoms with Crippen LogP contribution in [0.25, 0.3) is 5.69 Å². The van der Waals surface area contributed by atoms with Crippen molar-refractivity contribution in [1.29, 1.82) is 0 Å². The third-order valence-electron chi connectivity index (χ3n) is 7.05. The molecule has 0 saturated carbocycles. The number of carbonyl (C=O) groups is 1. The lowest BCUT2D eigenvalue weighted by atomic mass is 9.96. The Morgan fingerprint density at radius 1 is 1.10 bits per heavy atom. The third kappa shape index (κ3) is 5.35. The van der Waals surface area contributed by atoms with E-state index in [4.69, 9.17) is 17.0 Å². The Kier molecular flexibility index (Phi) is 7.60. The summed E-state index contributed by atoms with van der Waals surface area (Å²) in [7, 11) is 1.65. The molecule has 1 saturated heterocycles. The van der Waals surface area contributed by atoms with Crippen LogP contribution in [0.4, 0.5) is 10.1 Å². The molecule has 4 aromatic rings. The van der Waals surface area contributed by atoms with E-state index < -0.39 is 5.82 Å². The fraction of sp³-hybridized carbons (Fsp3) is 0.233. The zero-order valence-corrected chi connectivity index (χ0v) is 22.8. The largest absolute Gasteiger partial charge is 0.497 e. The topological polar surface area (TPSA) is 71.4 Å². The molecule has 9 heteroatoms. The molecule has 1 aliphatic heterocycles. The average Bonchev–Trinajstić information content (AvgIpc) is 3.43. The van der Waals surface area contributed by atoms with E-state index in [-0.39, 0.29) is 30.1 Å². The van der Waals surface area contributed by atoms with Crippen molar-refractivity contribution in [3.63, 3.8) is 0 Å². The Bertz CT molecular complexity index is 1490. The molecule has 2 N–H and O–H groups in total. The quantitative estimate of drug-likeness (QED) is 0.281. The molecule has 1 aliphatic rings. The highest BCUT2D eigenvalue weighted by molar-refractivity contribution is 7.80. The lowest BCUT2D eigenvalue weighted by Crippen LogP contribution is -2.33. The molecular weight excluding hydrogens is 513 g/mol. The Balaban J connectivity index is 1.47. The van der Waals surface area contributed by atoms with Crippen LogP contribution in [0.5, 0.6) is 5.75 Å². The van der Waals surface area contributed by atoms with Gasteiger partial charge in [0.05, 0.1) is 30.6 Å². The van der Waals surface area contributed by atoms with Gasteiger partial charge >= 0.3 is 0 Å². The zero-order chi connectivity index (χ0) is 27.5. The first-order valence-electron chi connectivity index (χ1n) is 12.7. The second kappa shape index (κ2) is 11.2. The van der Waals surface area contributed by atoms with Crippen molar-refractivity contribution in [2.75, 3.05) is 19.0 Å². The van der Waals surface area contributed by atoms with E-state index in [1.54, 1.807) is 31.5 Å². The molecule has 0 unspecified atom stereocenters. The molecule has 200 valence electrons. The summed E-state index contributed by atoms with van der Waals surface area (Å²) in [5.74, 6) is 0.0387. The van der Waals surface area contributed by atoms with Crippen LogP contribution in [0, 0.1) is 19.7 Å². The summed E-state index contributed by atoms with van der Waals surface area (Å²) in [6, 6.07) is 21.6. The summed E-state index contributed by atoms with van der Waals surface area (Å²) in [5, 5.41) is 6.66. The molecule has 2 aromatic heterocycles. The van der Waals surface area contributed by atoms with E-state index in [1.165, 1.54) is 6.07 Å². The van der Waals surface area contributed by atoms with Gasteiger partial charge in [-0.2, -0.15) is 0 Å². The maximum atomic E-state index is 14.1. The monoisotopic (exact) mass is 543 g/mol. The highest BCUT2D eigenvalue weighted by atomic mass is 32.1. The van der Waals surface area contributed by atoms with Gasteiger partial charge in [-0.1, -0.05) is 18.2 Å². The lowest BCUT2D eigenvalue weighted by Gasteiger charge is -2.28. The van der Waals surface area contributed by atoms with E-state index in [0.29, 0.717) is 11.7 Å². The van der Waals surface area contributed by atoms with Crippen molar-refractivity contribution in [2.45, 2.75) is 32.4 Å². The molecule has 2 aromatic carbocycles. The first-order valence-corrected chi connectivity index (χ1v) is 13.1. The number of para-hydroxylation sites is 1. The van der Waals surface area contributed by atoms with E-state index in [1.807, 2.05) is 47.4 Å². The summed E-state index contributed by atoms with van der Waals surface area (Å²) in [6.45, 7) is 4.52. The van der Waals surface area contributed by atoms with E-state index >= 15 is 0 Å². The normalized spacial score (nSPS) is 16.7. The van der Waals surface area contributed by atoms with Crippen LogP contribution in [-0.2, 0) is 4.79 Å². The number of halogens is 1.